The van der Waals surface area contributed by atoms with Gasteiger partial charge in [-0.1, -0.05) is 38.5 Å². The molecule has 0 spiro atoms. The predicted octanol–water partition coefficient (Wildman–Crippen LogP) is 4.26. The van der Waals surface area contributed by atoms with E-state index in [4.69, 9.17) is 5.73 Å². The number of rotatable bonds is 5. The second-order valence-electron chi connectivity index (χ2n) is 5.71. The summed E-state index contributed by atoms with van der Waals surface area (Å²) in [6.45, 7) is 5.65. The van der Waals surface area contributed by atoms with E-state index in [0.29, 0.717) is 6.04 Å². The maximum Gasteiger partial charge on any atom is 0.0417 e. The first kappa shape index (κ1) is 14.4. The zero-order chi connectivity index (χ0) is 13.7. The summed E-state index contributed by atoms with van der Waals surface area (Å²) >= 11 is 0. The highest BCUT2D eigenvalue weighted by atomic mass is 15.2. The van der Waals surface area contributed by atoms with Crippen molar-refractivity contribution in [2.45, 2.75) is 64.5 Å². The van der Waals surface area contributed by atoms with Crippen molar-refractivity contribution in [2.24, 2.45) is 5.73 Å². The minimum absolute atomic E-state index is 0.167. The molecular formula is C17H28N2. The van der Waals surface area contributed by atoms with Gasteiger partial charge < -0.3 is 10.6 Å². The Balaban J connectivity index is 2.28. The normalized spacial score (nSPS) is 21.4. The highest BCUT2D eigenvalue weighted by Crippen LogP contribution is 2.32. The molecule has 19 heavy (non-hydrogen) atoms. The van der Waals surface area contributed by atoms with Crippen LogP contribution < -0.4 is 10.6 Å². The molecule has 2 heteroatoms. The third-order valence-electron chi connectivity index (χ3n) is 4.33. The van der Waals surface area contributed by atoms with Gasteiger partial charge in [-0.25, -0.2) is 0 Å². The molecule has 106 valence electrons. The number of piperidine rings is 1. The molecule has 2 rings (SSSR count). The minimum Gasteiger partial charge on any atom is -0.368 e. The van der Waals surface area contributed by atoms with Gasteiger partial charge >= 0.3 is 0 Å². The maximum absolute atomic E-state index is 6.29. The Labute approximate surface area is 118 Å². The van der Waals surface area contributed by atoms with Crippen LogP contribution in [0.4, 0.5) is 5.69 Å². The van der Waals surface area contributed by atoms with Gasteiger partial charge in [-0.15, -0.1) is 0 Å². The predicted molar refractivity (Wildman–Crippen MR) is 83.6 cm³/mol. The van der Waals surface area contributed by atoms with Crippen molar-refractivity contribution in [2.75, 3.05) is 11.4 Å². The topological polar surface area (TPSA) is 29.3 Å². The third kappa shape index (κ3) is 3.30. The van der Waals surface area contributed by atoms with Crippen LogP contribution in [0.2, 0.25) is 0 Å². The Morgan fingerprint density at radius 2 is 2.05 bits per heavy atom. The van der Waals surface area contributed by atoms with Crippen LogP contribution in [0.25, 0.3) is 0 Å². The Morgan fingerprint density at radius 3 is 2.79 bits per heavy atom. The number of para-hydroxylation sites is 1. The van der Waals surface area contributed by atoms with E-state index < -0.39 is 0 Å². The summed E-state index contributed by atoms with van der Waals surface area (Å²) in [5, 5.41) is 0. The molecule has 2 N–H and O–H groups in total. The zero-order valence-electron chi connectivity index (χ0n) is 12.4. The van der Waals surface area contributed by atoms with Crippen LogP contribution in [-0.2, 0) is 0 Å². The molecule has 1 aliphatic heterocycles. The van der Waals surface area contributed by atoms with Crippen molar-refractivity contribution in [1.82, 2.24) is 0 Å². The number of hydrogen-bond donors (Lipinski definition) is 1. The summed E-state index contributed by atoms with van der Waals surface area (Å²) in [6, 6.07) is 9.62. The fourth-order valence-corrected chi connectivity index (χ4v) is 3.23. The molecule has 2 nitrogen and oxygen atoms in total. The zero-order valence-corrected chi connectivity index (χ0v) is 12.4. The lowest BCUT2D eigenvalue weighted by Crippen LogP contribution is -2.40. The van der Waals surface area contributed by atoms with Crippen molar-refractivity contribution in [3.8, 4) is 0 Å². The number of nitrogens with two attached hydrogens (primary N) is 1. The van der Waals surface area contributed by atoms with Gasteiger partial charge in [-0.3, -0.25) is 0 Å². The molecule has 0 bridgehead atoms. The monoisotopic (exact) mass is 260 g/mol. The third-order valence-corrected chi connectivity index (χ3v) is 4.33. The van der Waals surface area contributed by atoms with Crippen molar-refractivity contribution < 1.29 is 0 Å². The molecular weight excluding hydrogens is 232 g/mol. The molecule has 1 unspecified atom stereocenters. The summed E-state index contributed by atoms with van der Waals surface area (Å²) in [7, 11) is 0. The minimum atomic E-state index is 0.167. The summed E-state index contributed by atoms with van der Waals surface area (Å²) in [5.74, 6) is 0. The van der Waals surface area contributed by atoms with Gasteiger partial charge in [-0.05, 0) is 43.7 Å². The second-order valence-corrected chi connectivity index (χ2v) is 5.71. The molecule has 1 heterocycles. The van der Waals surface area contributed by atoms with Crippen LogP contribution in [0, 0.1) is 0 Å². The molecule has 1 aliphatic rings. The highest BCUT2D eigenvalue weighted by molar-refractivity contribution is 5.56. The van der Waals surface area contributed by atoms with Crippen LogP contribution in [0.5, 0.6) is 0 Å². The fraction of sp³-hybridized carbons (Fsp3) is 0.647. The number of hydrogen-bond acceptors (Lipinski definition) is 2. The van der Waals surface area contributed by atoms with Gasteiger partial charge in [0.05, 0.1) is 0 Å². The fourth-order valence-electron chi connectivity index (χ4n) is 3.23. The summed E-state index contributed by atoms with van der Waals surface area (Å²) in [5.41, 5.74) is 9.01. The average Bonchev–Trinajstić information content (AvgIpc) is 2.47. The molecule has 1 saturated heterocycles. The molecule has 0 radical (unpaired) electrons. The molecule has 1 aromatic carbocycles. The lowest BCUT2D eigenvalue weighted by Gasteiger charge is -2.39. The van der Waals surface area contributed by atoms with E-state index in [2.05, 4.69) is 43.0 Å². The molecule has 1 aromatic rings. The molecule has 2 atom stereocenters. The molecule has 0 saturated carbocycles. The van der Waals surface area contributed by atoms with Crippen molar-refractivity contribution >= 4 is 5.69 Å². The molecule has 0 aliphatic carbocycles. The number of nitrogens with zero attached hydrogens (tertiary/aromatic N) is 1. The first-order valence-corrected chi connectivity index (χ1v) is 7.89. The van der Waals surface area contributed by atoms with Crippen LogP contribution in [0.1, 0.15) is 64.0 Å². The first-order chi connectivity index (χ1) is 9.27. The van der Waals surface area contributed by atoms with Crippen molar-refractivity contribution in [1.29, 1.82) is 0 Å². The van der Waals surface area contributed by atoms with Gasteiger partial charge in [0.2, 0.25) is 0 Å². The number of benzene rings is 1. The Morgan fingerprint density at radius 1 is 1.26 bits per heavy atom. The van der Waals surface area contributed by atoms with Crippen LogP contribution in [0.15, 0.2) is 24.3 Å². The second kappa shape index (κ2) is 6.95. The lowest BCUT2D eigenvalue weighted by atomic mass is 9.94. The molecule has 0 aromatic heterocycles. The van der Waals surface area contributed by atoms with E-state index in [1.54, 1.807) is 0 Å². The Kier molecular flexibility index (Phi) is 5.26. The summed E-state index contributed by atoms with van der Waals surface area (Å²) in [4.78, 5) is 2.62. The molecule has 0 amide bonds. The van der Waals surface area contributed by atoms with E-state index in [0.717, 1.165) is 6.42 Å². The van der Waals surface area contributed by atoms with Gasteiger partial charge in [0.25, 0.3) is 0 Å². The van der Waals surface area contributed by atoms with Crippen LogP contribution in [0.3, 0.4) is 0 Å². The van der Waals surface area contributed by atoms with E-state index in [1.165, 1.54) is 49.9 Å². The van der Waals surface area contributed by atoms with E-state index in [-0.39, 0.29) is 6.04 Å². The SMILES string of the molecule is CCCC1CCCCN1c1ccccc1[C@H](N)CC. The van der Waals surface area contributed by atoms with Crippen LogP contribution >= 0.6 is 0 Å². The Hall–Kier alpha value is -1.02. The van der Waals surface area contributed by atoms with Crippen molar-refractivity contribution in [3.05, 3.63) is 29.8 Å². The number of anilines is 1. The molecule has 1 fully saturated rings. The quantitative estimate of drug-likeness (QED) is 0.857. The largest absolute Gasteiger partial charge is 0.368 e. The highest BCUT2D eigenvalue weighted by Gasteiger charge is 2.24. The Bertz CT molecular complexity index is 387. The summed E-state index contributed by atoms with van der Waals surface area (Å²) < 4.78 is 0. The summed E-state index contributed by atoms with van der Waals surface area (Å²) in [6.07, 6.45) is 7.60. The van der Waals surface area contributed by atoms with Crippen LogP contribution in [-0.4, -0.2) is 12.6 Å². The van der Waals surface area contributed by atoms with Gasteiger partial charge in [0.1, 0.15) is 0 Å². The average molecular weight is 260 g/mol. The van der Waals surface area contributed by atoms with Gasteiger partial charge in [-0.2, -0.15) is 0 Å². The first-order valence-electron chi connectivity index (χ1n) is 7.89. The van der Waals surface area contributed by atoms with Gasteiger partial charge in [0.15, 0.2) is 0 Å². The smallest absolute Gasteiger partial charge is 0.0417 e. The van der Waals surface area contributed by atoms with E-state index >= 15 is 0 Å². The van der Waals surface area contributed by atoms with Crippen molar-refractivity contribution in [3.63, 3.8) is 0 Å². The maximum atomic E-state index is 6.29. The van der Waals surface area contributed by atoms with E-state index in [1.807, 2.05) is 0 Å². The standard InChI is InChI=1S/C17H28N2/c1-3-9-14-10-7-8-13-19(14)17-12-6-5-11-15(17)16(18)4-2/h5-6,11-12,14,16H,3-4,7-10,13,18H2,1-2H3/t14?,16-/m1/s1. The van der Waals surface area contributed by atoms with Gasteiger partial charge in [0, 0.05) is 24.3 Å². The van der Waals surface area contributed by atoms with E-state index in [9.17, 15) is 0 Å². The lowest BCUT2D eigenvalue weighted by molar-refractivity contribution is 0.433.